The zero-order valence-corrected chi connectivity index (χ0v) is 10.1. The number of anilines is 1. The minimum absolute atomic E-state index is 0.224. The van der Waals surface area contributed by atoms with Crippen LogP contribution >= 0.6 is 0 Å². The number of nitriles is 1. The number of para-hydroxylation sites is 1. The summed E-state index contributed by atoms with van der Waals surface area (Å²) in [6, 6.07) is 7.45. The molecule has 0 spiro atoms. The van der Waals surface area contributed by atoms with E-state index in [0.29, 0.717) is 17.3 Å². The Kier molecular flexibility index (Phi) is 3.11. The van der Waals surface area contributed by atoms with Gasteiger partial charge in [0, 0.05) is 0 Å². The number of rotatable bonds is 2. The molecule has 0 fully saturated rings. The smallest absolute Gasteiger partial charge is 0.240 e. The van der Waals surface area contributed by atoms with Gasteiger partial charge in [0.25, 0.3) is 0 Å². The van der Waals surface area contributed by atoms with Gasteiger partial charge in [-0.05, 0) is 25.5 Å². The number of hydrogen-bond acceptors (Lipinski definition) is 5. The number of nitrogen functional groups attached to an aromatic ring is 1. The molecule has 2 rings (SSSR count). The summed E-state index contributed by atoms with van der Waals surface area (Å²) in [6.45, 7) is 3.62. The number of nitrogens with two attached hydrogens (primary N) is 1. The minimum Gasteiger partial charge on any atom is -0.435 e. The number of hydrogen-bond donors (Lipinski definition) is 1. The topological polar surface area (TPSA) is 84.8 Å². The van der Waals surface area contributed by atoms with Crippen molar-refractivity contribution in [1.29, 1.82) is 5.26 Å². The fourth-order valence-corrected chi connectivity index (χ4v) is 1.45. The van der Waals surface area contributed by atoms with E-state index in [1.165, 1.54) is 6.20 Å². The fraction of sp³-hybridized carbons (Fsp3) is 0.154. The number of nitrogens with zero attached hydrogens (tertiary/aromatic N) is 3. The van der Waals surface area contributed by atoms with Crippen molar-refractivity contribution in [3.8, 4) is 17.7 Å². The Morgan fingerprint density at radius 2 is 2.11 bits per heavy atom. The van der Waals surface area contributed by atoms with Crippen molar-refractivity contribution >= 4 is 5.69 Å². The predicted octanol–water partition coefficient (Wildman–Crippen LogP) is 2.34. The lowest BCUT2D eigenvalue weighted by atomic mass is 10.2. The second-order valence-corrected chi connectivity index (χ2v) is 3.84. The van der Waals surface area contributed by atoms with Crippen LogP contribution in [0.15, 0.2) is 24.4 Å². The molecule has 0 atom stereocenters. The van der Waals surface area contributed by atoms with Gasteiger partial charge in [0.2, 0.25) is 5.88 Å². The van der Waals surface area contributed by atoms with Gasteiger partial charge in [0.05, 0.1) is 11.9 Å². The van der Waals surface area contributed by atoms with E-state index < -0.39 is 0 Å². The van der Waals surface area contributed by atoms with Crippen LogP contribution in [0, 0.1) is 25.2 Å². The van der Waals surface area contributed by atoms with Crippen LogP contribution in [0.5, 0.6) is 11.6 Å². The molecule has 5 heteroatoms. The molecule has 90 valence electrons. The third kappa shape index (κ3) is 2.23. The van der Waals surface area contributed by atoms with Crippen molar-refractivity contribution in [2.75, 3.05) is 5.73 Å². The zero-order valence-electron chi connectivity index (χ0n) is 10.1. The Hall–Kier alpha value is -2.61. The maximum absolute atomic E-state index is 8.97. The molecule has 18 heavy (non-hydrogen) atoms. The van der Waals surface area contributed by atoms with E-state index in [0.717, 1.165) is 5.56 Å². The van der Waals surface area contributed by atoms with Gasteiger partial charge in [-0.2, -0.15) is 10.2 Å². The first-order valence-electron chi connectivity index (χ1n) is 5.38. The van der Waals surface area contributed by atoms with Crippen molar-refractivity contribution in [2.45, 2.75) is 13.8 Å². The second kappa shape index (κ2) is 4.72. The molecule has 5 nitrogen and oxygen atoms in total. The van der Waals surface area contributed by atoms with Crippen LogP contribution in [-0.4, -0.2) is 9.97 Å². The molecule has 0 saturated heterocycles. The van der Waals surface area contributed by atoms with Crippen molar-refractivity contribution in [2.24, 2.45) is 0 Å². The standard InChI is InChI=1S/C13H12N4O/c1-8-4-3-5-11(12(8)15)18-13-10(6-14)7-16-9(2)17-13/h3-5,7H,15H2,1-2H3. The lowest BCUT2D eigenvalue weighted by Crippen LogP contribution is -1.99. The normalized spacial score (nSPS) is 9.83. The van der Waals surface area contributed by atoms with E-state index in [-0.39, 0.29) is 11.4 Å². The first-order chi connectivity index (χ1) is 8.61. The largest absolute Gasteiger partial charge is 0.435 e. The SMILES string of the molecule is Cc1ncc(C#N)c(Oc2cccc(C)c2N)n1. The molecule has 0 saturated carbocycles. The lowest BCUT2D eigenvalue weighted by molar-refractivity contribution is 0.460. The summed E-state index contributed by atoms with van der Waals surface area (Å²) >= 11 is 0. The van der Waals surface area contributed by atoms with Crippen LogP contribution in [-0.2, 0) is 0 Å². The Labute approximate surface area is 105 Å². The van der Waals surface area contributed by atoms with Crippen molar-refractivity contribution in [1.82, 2.24) is 9.97 Å². The molecule has 2 aromatic rings. The highest BCUT2D eigenvalue weighted by molar-refractivity contribution is 5.59. The monoisotopic (exact) mass is 240 g/mol. The van der Waals surface area contributed by atoms with Crippen LogP contribution in [0.25, 0.3) is 0 Å². The molecule has 0 unspecified atom stereocenters. The second-order valence-electron chi connectivity index (χ2n) is 3.84. The highest BCUT2D eigenvalue weighted by Gasteiger charge is 2.10. The van der Waals surface area contributed by atoms with E-state index in [2.05, 4.69) is 9.97 Å². The van der Waals surface area contributed by atoms with Gasteiger partial charge in [-0.3, -0.25) is 0 Å². The van der Waals surface area contributed by atoms with Gasteiger partial charge in [0.15, 0.2) is 5.75 Å². The van der Waals surface area contributed by atoms with Gasteiger partial charge >= 0.3 is 0 Å². The molecule has 0 amide bonds. The molecule has 0 aliphatic rings. The van der Waals surface area contributed by atoms with Gasteiger partial charge in [-0.1, -0.05) is 12.1 Å². The number of aryl methyl sites for hydroxylation is 2. The maximum atomic E-state index is 8.97. The van der Waals surface area contributed by atoms with Gasteiger partial charge in [-0.25, -0.2) is 4.98 Å². The van der Waals surface area contributed by atoms with E-state index in [1.54, 1.807) is 13.0 Å². The van der Waals surface area contributed by atoms with Crippen LogP contribution in [0.4, 0.5) is 5.69 Å². The quantitative estimate of drug-likeness (QED) is 0.814. The highest BCUT2D eigenvalue weighted by Crippen LogP contribution is 2.29. The van der Waals surface area contributed by atoms with E-state index in [4.69, 9.17) is 15.7 Å². The molecule has 1 aromatic heterocycles. The third-order valence-electron chi connectivity index (χ3n) is 2.49. The number of aromatic nitrogens is 2. The number of benzene rings is 1. The summed E-state index contributed by atoms with van der Waals surface area (Å²) in [6.07, 6.45) is 1.43. The summed E-state index contributed by atoms with van der Waals surface area (Å²) in [5.74, 6) is 1.25. The summed E-state index contributed by atoms with van der Waals surface area (Å²) in [5.41, 5.74) is 7.64. The number of ether oxygens (including phenoxy) is 1. The molecule has 0 aliphatic carbocycles. The Balaban J connectivity index is 2.43. The van der Waals surface area contributed by atoms with E-state index in [9.17, 15) is 0 Å². The van der Waals surface area contributed by atoms with Crippen LogP contribution in [0.2, 0.25) is 0 Å². The van der Waals surface area contributed by atoms with Gasteiger partial charge in [-0.15, -0.1) is 0 Å². The van der Waals surface area contributed by atoms with Crippen LogP contribution < -0.4 is 10.5 Å². The Morgan fingerprint density at radius 1 is 1.33 bits per heavy atom. The minimum atomic E-state index is 0.224. The fourth-order valence-electron chi connectivity index (χ4n) is 1.45. The summed E-state index contributed by atoms with van der Waals surface area (Å²) < 4.78 is 5.59. The van der Waals surface area contributed by atoms with E-state index in [1.807, 2.05) is 25.1 Å². The molecule has 0 radical (unpaired) electrons. The van der Waals surface area contributed by atoms with E-state index >= 15 is 0 Å². The highest BCUT2D eigenvalue weighted by atomic mass is 16.5. The van der Waals surface area contributed by atoms with Gasteiger partial charge in [0.1, 0.15) is 17.5 Å². The molecule has 0 aliphatic heterocycles. The predicted molar refractivity (Wildman–Crippen MR) is 67.1 cm³/mol. The van der Waals surface area contributed by atoms with Crippen molar-refractivity contribution < 1.29 is 4.74 Å². The first kappa shape index (κ1) is 11.9. The molecule has 0 bridgehead atoms. The zero-order chi connectivity index (χ0) is 13.1. The Morgan fingerprint density at radius 3 is 2.83 bits per heavy atom. The molecular formula is C13H12N4O. The molecule has 1 heterocycles. The van der Waals surface area contributed by atoms with Crippen LogP contribution in [0.1, 0.15) is 17.0 Å². The summed E-state index contributed by atoms with van der Waals surface area (Å²) in [7, 11) is 0. The lowest BCUT2D eigenvalue weighted by Gasteiger charge is -2.10. The van der Waals surface area contributed by atoms with Crippen LogP contribution in [0.3, 0.4) is 0 Å². The third-order valence-corrected chi connectivity index (χ3v) is 2.49. The molecule has 2 N–H and O–H groups in total. The van der Waals surface area contributed by atoms with Crippen molar-refractivity contribution in [3.63, 3.8) is 0 Å². The maximum Gasteiger partial charge on any atom is 0.240 e. The van der Waals surface area contributed by atoms with Crippen molar-refractivity contribution in [3.05, 3.63) is 41.3 Å². The average molecular weight is 240 g/mol. The average Bonchev–Trinajstić information content (AvgIpc) is 2.35. The Bertz CT molecular complexity index is 631. The summed E-state index contributed by atoms with van der Waals surface area (Å²) in [4.78, 5) is 8.05. The first-order valence-corrected chi connectivity index (χ1v) is 5.38. The molecular weight excluding hydrogens is 228 g/mol. The van der Waals surface area contributed by atoms with Gasteiger partial charge < -0.3 is 10.5 Å². The molecule has 1 aromatic carbocycles. The summed E-state index contributed by atoms with van der Waals surface area (Å²) in [5, 5.41) is 8.97.